The van der Waals surface area contributed by atoms with E-state index in [1.165, 1.54) is 19.4 Å². The monoisotopic (exact) mass is 214 g/mol. The van der Waals surface area contributed by atoms with E-state index in [2.05, 4.69) is 31.0 Å². The molecule has 1 heterocycles. The Kier molecular flexibility index (Phi) is 5.58. The highest BCUT2D eigenvalue weighted by molar-refractivity contribution is 4.84. The lowest BCUT2D eigenvalue weighted by atomic mass is 9.97. The van der Waals surface area contributed by atoms with Crippen LogP contribution in [0, 0.1) is 0 Å². The molecule has 3 nitrogen and oxygen atoms in total. The summed E-state index contributed by atoms with van der Waals surface area (Å²) < 4.78 is 0. The van der Waals surface area contributed by atoms with Crippen molar-refractivity contribution in [3.05, 3.63) is 0 Å². The van der Waals surface area contributed by atoms with Gasteiger partial charge in [-0.05, 0) is 39.3 Å². The topological polar surface area (TPSA) is 35.5 Å². The van der Waals surface area contributed by atoms with Crippen LogP contribution in [-0.4, -0.2) is 47.8 Å². The SMILES string of the molecule is CC[C@H](CO)NC1CCN(CC)C(C)C1. The Hall–Kier alpha value is -0.120. The summed E-state index contributed by atoms with van der Waals surface area (Å²) in [6.45, 7) is 9.27. The molecule has 90 valence electrons. The minimum Gasteiger partial charge on any atom is -0.395 e. The molecular formula is C12H26N2O. The van der Waals surface area contributed by atoms with Gasteiger partial charge in [0.25, 0.3) is 0 Å². The van der Waals surface area contributed by atoms with Crippen molar-refractivity contribution in [2.24, 2.45) is 0 Å². The molecule has 1 aliphatic rings. The maximum atomic E-state index is 9.15. The smallest absolute Gasteiger partial charge is 0.0584 e. The standard InChI is InChI=1S/C12H26N2O/c1-4-11(9-15)13-12-6-7-14(5-2)10(3)8-12/h10-13,15H,4-9H2,1-3H3/t10?,11-,12?/m1/s1. The van der Waals surface area contributed by atoms with Crippen molar-refractivity contribution >= 4 is 0 Å². The van der Waals surface area contributed by atoms with Crippen LogP contribution in [0.5, 0.6) is 0 Å². The molecule has 0 spiro atoms. The minimum absolute atomic E-state index is 0.263. The van der Waals surface area contributed by atoms with Gasteiger partial charge in [-0.15, -0.1) is 0 Å². The third-order valence-corrected chi connectivity index (χ3v) is 3.60. The summed E-state index contributed by atoms with van der Waals surface area (Å²) in [6, 6.07) is 1.56. The fourth-order valence-electron chi connectivity index (χ4n) is 2.47. The average molecular weight is 214 g/mol. The van der Waals surface area contributed by atoms with Gasteiger partial charge in [-0.2, -0.15) is 0 Å². The molecule has 2 N–H and O–H groups in total. The molecule has 0 amide bonds. The third-order valence-electron chi connectivity index (χ3n) is 3.60. The van der Waals surface area contributed by atoms with E-state index in [1.807, 2.05) is 0 Å². The summed E-state index contributed by atoms with van der Waals surface area (Å²) >= 11 is 0. The van der Waals surface area contributed by atoms with Crippen LogP contribution in [0.2, 0.25) is 0 Å². The molecule has 3 heteroatoms. The first kappa shape index (κ1) is 12.9. The van der Waals surface area contributed by atoms with Crippen LogP contribution in [0.25, 0.3) is 0 Å². The van der Waals surface area contributed by atoms with Gasteiger partial charge >= 0.3 is 0 Å². The molecule has 1 rings (SSSR count). The Labute approximate surface area is 93.9 Å². The zero-order valence-electron chi connectivity index (χ0n) is 10.4. The van der Waals surface area contributed by atoms with Crippen molar-refractivity contribution in [1.29, 1.82) is 0 Å². The van der Waals surface area contributed by atoms with Gasteiger partial charge in [0, 0.05) is 18.1 Å². The highest BCUT2D eigenvalue weighted by atomic mass is 16.3. The second kappa shape index (κ2) is 6.46. The number of aliphatic hydroxyl groups excluding tert-OH is 1. The number of rotatable bonds is 5. The summed E-state index contributed by atoms with van der Waals surface area (Å²) in [5.74, 6) is 0. The first-order valence-electron chi connectivity index (χ1n) is 6.32. The number of hydrogen-bond donors (Lipinski definition) is 2. The van der Waals surface area contributed by atoms with Crippen molar-refractivity contribution in [2.45, 2.75) is 58.2 Å². The summed E-state index contributed by atoms with van der Waals surface area (Å²) in [6.07, 6.45) is 3.44. The molecule has 1 saturated heterocycles. The van der Waals surface area contributed by atoms with E-state index in [0.717, 1.165) is 13.0 Å². The van der Waals surface area contributed by atoms with Gasteiger partial charge in [0.2, 0.25) is 0 Å². The summed E-state index contributed by atoms with van der Waals surface area (Å²) in [5, 5.41) is 12.7. The van der Waals surface area contributed by atoms with E-state index >= 15 is 0 Å². The number of aliphatic hydroxyl groups is 1. The molecule has 0 aromatic rings. The maximum Gasteiger partial charge on any atom is 0.0584 e. The highest BCUT2D eigenvalue weighted by Crippen LogP contribution is 2.17. The van der Waals surface area contributed by atoms with E-state index in [-0.39, 0.29) is 12.6 Å². The second-order valence-corrected chi connectivity index (χ2v) is 4.65. The van der Waals surface area contributed by atoms with Crippen LogP contribution in [-0.2, 0) is 0 Å². The lowest BCUT2D eigenvalue weighted by Gasteiger charge is -2.38. The van der Waals surface area contributed by atoms with Gasteiger partial charge in [0.1, 0.15) is 0 Å². The number of likely N-dealkylation sites (tertiary alicyclic amines) is 1. The molecule has 15 heavy (non-hydrogen) atoms. The Morgan fingerprint density at radius 2 is 2.20 bits per heavy atom. The predicted molar refractivity (Wildman–Crippen MR) is 64.0 cm³/mol. The predicted octanol–water partition coefficient (Wildman–Crippen LogP) is 1.22. The first-order valence-corrected chi connectivity index (χ1v) is 6.32. The molecule has 0 radical (unpaired) electrons. The van der Waals surface area contributed by atoms with Crippen LogP contribution in [0.15, 0.2) is 0 Å². The normalized spacial score (nSPS) is 30.4. The minimum atomic E-state index is 0.263. The Morgan fingerprint density at radius 1 is 1.47 bits per heavy atom. The van der Waals surface area contributed by atoms with Crippen molar-refractivity contribution < 1.29 is 5.11 Å². The lowest BCUT2D eigenvalue weighted by Crippen LogP contribution is -2.50. The third kappa shape index (κ3) is 3.74. The zero-order chi connectivity index (χ0) is 11.3. The van der Waals surface area contributed by atoms with Crippen LogP contribution >= 0.6 is 0 Å². The van der Waals surface area contributed by atoms with Crippen molar-refractivity contribution in [2.75, 3.05) is 19.7 Å². The lowest BCUT2D eigenvalue weighted by molar-refractivity contribution is 0.128. The molecule has 0 saturated carbocycles. The van der Waals surface area contributed by atoms with E-state index in [4.69, 9.17) is 5.11 Å². The van der Waals surface area contributed by atoms with Crippen LogP contribution in [0.1, 0.15) is 40.0 Å². The summed E-state index contributed by atoms with van der Waals surface area (Å²) in [7, 11) is 0. The highest BCUT2D eigenvalue weighted by Gasteiger charge is 2.25. The van der Waals surface area contributed by atoms with Crippen molar-refractivity contribution in [1.82, 2.24) is 10.2 Å². The van der Waals surface area contributed by atoms with Gasteiger partial charge in [-0.1, -0.05) is 13.8 Å². The molecule has 1 fully saturated rings. The Bertz CT molecular complexity index is 171. The molecule has 2 unspecified atom stereocenters. The largest absolute Gasteiger partial charge is 0.395 e. The van der Waals surface area contributed by atoms with E-state index in [9.17, 15) is 0 Å². The van der Waals surface area contributed by atoms with Gasteiger partial charge in [0.05, 0.1) is 6.61 Å². The molecule has 3 atom stereocenters. The number of nitrogens with zero attached hydrogens (tertiary/aromatic N) is 1. The Balaban J connectivity index is 2.33. The fourth-order valence-corrected chi connectivity index (χ4v) is 2.47. The first-order chi connectivity index (χ1) is 7.21. The van der Waals surface area contributed by atoms with Gasteiger partial charge in [-0.3, -0.25) is 0 Å². The fraction of sp³-hybridized carbons (Fsp3) is 1.00. The van der Waals surface area contributed by atoms with E-state index < -0.39 is 0 Å². The Morgan fingerprint density at radius 3 is 2.67 bits per heavy atom. The summed E-state index contributed by atoms with van der Waals surface area (Å²) in [5.41, 5.74) is 0. The molecule has 0 aromatic carbocycles. The quantitative estimate of drug-likeness (QED) is 0.722. The summed E-state index contributed by atoms with van der Waals surface area (Å²) in [4.78, 5) is 2.53. The number of hydrogen-bond acceptors (Lipinski definition) is 3. The molecule has 0 bridgehead atoms. The number of nitrogens with one attached hydrogen (secondary N) is 1. The van der Waals surface area contributed by atoms with Gasteiger partial charge in [0.15, 0.2) is 0 Å². The molecule has 1 aliphatic heterocycles. The van der Waals surface area contributed by atoms with E-state index in [0.29, 0.717) is 12.1 Å². The van der Waals surface area contributed by atoms with E-state index in [1.54, 1.807) is 0 Å². The second-order valence-electron chi connectivity index (χ2n) is 4.65. The van der Waals surface area contributed by atoms with Gasteiger partial charge in [-0.25, -0.2) is 0 Å². The average Bonchev–Trinajstić information content (AvgIpc) is 2.26. The maximum absolute atomic E-state index is 9.15. The van der Waals surface area contributed by atoms with Crippen LogP contribution < -0.4 is 5.32 Å². The molecule has 0 aromatic heterocycles. The van der Waals surface area contributed by atoms with Crippen molar-refractivity contribution in [3.63, 3.8) is 0 Å². The molecule has 0 aliphatic carbocycles. The zero-order valence-corrected chi connectivity index (χ0v) is 10.4. The van der Waals surface area contributed by atoms with Crippen LogP contribution in [0.3, 0.4) is 0 Å². The number of piperidine rings is 1. The van der Waals surface area contributed by atoms with Gasteiger partial charge < -0.3 is 15.3 Å². The molecular weight excluding hydrogens is 188 g/mol. The van der Waals surface area contributed by atoms with Crippen LogP contribution in [0.4, 0.5) is 0 Å². The van der Waals surface area contributed by atoms with Crippen molar-refractivity contribution in [3.8, 4) is 0 Å².